The monoisotopic (exact) mass is 573 g/mol. The van der Waals surface area contributed by atoms with Crippen molar-refractivity contribution in [3.8, 4) is 11.5 Å². The third kappa shape index (κ3) is 10.7. The summed E-state index contributed by atoms with van der Waals surface area (Å²) >= 11 is 5.98. The number of benzene rings is 2. The number of alkyl halides is 3. The van der Waals surface area contributed by atoms with E-state index in [4.69, 9.17) is 26.2 Å². The zero-order valence-corrected chi connectivity index (χ0v) is 22.3. The third-order valence-corrected chi connectivity index (χ3v) is 5.81. The molecular formula is C26H31ClF3N3O6. The van der Waals surface area contributed by atoms with E-state index in [9.17, 15) is 28.0 Å². The minimum absolute atomic E-state index is 0.0736. The van der Waals surface area contributed by atoms with Gasteiger partial charge in [-0.15, -0.1) is 0 Å². The standard InChI is InChI=1S/C24H30ClN3O4.C2HF3O2/c1-24(2,3)15-28-12-11-20(21(14-28)23(30)27-31)22(29)26-17-7-9-18(10-8-17)32-19-6-4-5-16(25)13-19;3-2(4,5)1(6)7/h4-10,13,20-21,31H,11-12,14-15H2,1-3H3,(H,26,29)(H,27,30);(H,6,7)/t20-,21-;/m0./s1. The molecule has 0 aliphatic carbocycles. The van der Waals surface area contributed by atoms with Crippen LogP contribution in [0.4, 0.5) is 18.9 Å². The molecule has 3 rings (SSSR count). The Labute approximate surface area is 228 Å². The van der Waals surface area contributed by atoms with Crippen LogP contribution in [-0.4, -0.2) is 58.8 Å². The lowest BCUT2D eigenvalue weighted by Gasteiger charge is -2.39. The second kappa shape index (κ2) is 13.6. The van der Waals surface area contributed by atoms with Crippen LogP contribution in [0.1, 0.15) is 27.2 Å². The molecule has 1 aliphatic rings. The number of nitrogens with zero attached hydrogens (tertiary/aromatic N) is 1. The number of rotatable bonds is 6. The van der Waals surface area contributed by atoms with E-state index in [1.807, 2.05) is 0 Å². The van der Waals surface area contributed by atoms with Crippen LogP contribution >= 0.6 is 11.6 Å². The molecule has 0 aromatic heterocycles. The summed E-state index contributed by atoms with van der Waals surface area (Å²) in [6, 6.07) is 14.1. The molecule has 2 atom stereocenters. The molecule has 4 N–H and O–H groups in total. The number of amides is 2. The van der Waals surface area contributed by atoms with Gasteiger partial charge < -0.3 is 20.1 Å². The first kappa shape index (κ1) is 31.9. The van der Waals surface area contributed by atoms with E-state index in [2.05, 4.69) is 31.0 Å². The highest BCUT2D eigenvalue weighted by molar-refractivity contribution is 6.30. The van der Waals surface area contributed by atoms with E-state index in [1.54, 1.807) is 54.0 Å². The van der Waals surface area contributed by atoms with Gasteiger partial charge in [-0.2, -0.15) is 13.2 Å². The molecule has 0 unspecified atom stereocenters. The second-order valence-electron chi connectivity index (χ2n) is 10.1. The summed E-state index contributed by atoms with van der Waals surface area (Å²) in [7, 11) is 0. The van der Waals surface area contributed by atoms with Gasteiger partial charge in [-0.3, -0.25) is 14.8 Å². The maximum Gasteiger partial charge on any atom is 0.490 e. The topological polar surface area (TPSA) is 128 Å². The first-order valence-electron chi connectivity index (χ1n) is 11.9. The maximum absolute atomic E-state index is 13.0. The molecule has 1 fully saturated rings. The summed E-state index contributed by atoms with van der Waals surface area (Å²) < 4.78 is 37.5. The average Bonchev–Trinajstić information content (AvgIpc) is 2.83. The number of anilines is 1. The SMILES string of the molecule is CC(C)(C)CN1CC[C@H](C(=O)Nc2ccc(Oc3cccc(Cl)c3)cc2)[C@@H](C(=O)NO)C1.O=C(O)C(F)(F)F. The minimum Gasteiger partial charge on any atom is -0.475 e. The molecule has 1 aliphatic heterocycles. The van der Waals surface area contributed by atoms with Gasteiger partial charge in [0.25, 0.3) is 0 Å². The van der Waals surface area contributed by atoms with Crippen molar-refractivity contribution < 1.29 is 42.6 Å². The number of aliphatic carboxylic acids is 1. The zero-order valence-electron chi connectivity index (χ0n) is 21.6. The highest BCUT2D eigenvalue weighted by atomic mass is 35.5. The Morgan fingerprint density at radius 3 is 2.15 bits per heavy atom. The molecule has 2 amide bonds. The van der Waals surface area contributed by atoms with E-state index in [0.717, 1.165) is 13.1 Å². The summed E-state index contributed by atoms with van der Waals surface area (Å²) in [5.74, 6) is -3.45. The molecule has 2 aromatic carbocycles. The molecule has 214 valence electrons. The van der Waals surface area contributed by atoms with E-state index >= 15 is 0 Å². The molecule has 39 heavy (non-hydrogen) atoms. The number of carbonyl (C=O) groups excluding carboxylic acids is 2. The highest BCUT2D eigenvalue weighted by Gasteiger charge is 2.39. The number of nitrogens with one attached hydrogen (secondary N) is 2. The van der Waals surface area contributed by atoms with E-state index in [0.29, 0.717) is 35.2 Å². The summed E-state index contributed by atoms with van der Waals surface area (Å²) in [5, 5.41) is 19.8. The Morgan fingerprint density at radius 2 is 1.64 bits per heavy atom. The van der Waals surface area contributed by atoms with Gasteiger partial charge in [0.1, 0.15) is 11.5 Å². The predicted molar refractivity (Wildman–Crippen MR) is 138 cm³/mol. The number of halogens is 4. The van der Waals surface area contributed by atoms with Crippen LogP contribution in [0.3, 0.4) is 0 Å². The molecule has 1 heterocycles. The Kier molecular flexibility index (Phi) is 11.1. The van der Waals surface area contributed by atoms with Crippen molar-refractivity contribution in [3.63, 3.8) is 0 Å². The fourth-order valence-corrected chi connectivity index (χ4v) is 4.18. The first-order valence-corrected chi connectivity index (χ1v) is 12.3. The lowest BCUT2D eigenvalue weighted by atomic mass is 9.83. The van der Waals surface area contributed by atoms with Gasteiger partial charge in [0, 0.05) is 23.8 Å². The Morgan fingerprint density at radius 1 is 1.03 bits per heavy atom. The van der Waals surface area contributed by atoms with Crippen molar-refractivity contribution in [1.82, 2.24) is 10.4 Å². The predicted octanol–water partition coefficient (Wildman–Crippen LogP) is 5.19. The highest BCUT2D eigenvalue weighted by Crippen LogP contribution is 2.29. The zero-order chi connectivity index (χ0) is 29.4. The van der Waals surface area contributed by atoms with E-state index in [1.165, 1.54) is 0 Å². The number of hydrogen-bond acceptors (Lipinski definition) is 6. The quantitative estimate of drug-likeness (QED) is 0.276. The fourth-order valence-electron chi connectivity index (χ4n) is 4.00. The number of likely N-dealkylation sites (tertiary alicyclic amines) is 1. The summed E-state index contributed by atoms with van der Waals surface area (Å²) in [5.41, 5.74) is 2.41. The van der Waals surface area contributed by atoms with Crippen LogP contribution in [0.15, 0.2) is 48.5 Å². The summed E-state index contributed by atoms with van der Waals surface area (Å²) in [6.45, 7) is 8.35. The molecule has 9 nitrogen and oxygen atoms in total. The maximum atomic E-state index is 13.0. The number of hydroxylamine groups is 1. The van der Waals surface area contributed by atoms with Crippen LogP contribution in [0.25, 0.3) is 0 Å². The molecule has 0 radical (unpaired) electrons. The van der Waals surface area contributed by atoms with Crippen LogP contribution in [0, 0.1) is 17.3 Å². The normalized spacial score (nSPS) is 17.8. The Bertz CT molecular complexity index is 1140. The average molecular weight is 574 g/mol. The number of ether oxygens (including phenoxy) is 1. The van der Waals surface area contributed by atoms with Crippen LogP contribution in [-0.2, 0) is 14.4 Å². The first-order chi connectivity index (χ1) is 18.1. The summed E-state index contributed by atoms with van der Waals surface area (Å²) in [4.78, 5) is 36.3. The van der Waals surface area contributed by atoms with Gasteiger partial charge in [0.05, 0.1) is 11.8 Å². The van der Waals surface area contributed by atoms with Gasteiger partial charge in [-0.25, -0.2) is 10.3 Å². The molecule has 2 aromatic rings. The van der Waals surface area contributed by atoms with E-state index in [-0.39, 0.29) is 11.3 Å². The van der Waals surface area contributed by atoms with Gasteiger partial charge >= 0.3 is 12.1 Å². The van der Waals surface area contributed by atoms with Crippen LogP contribution in [0.5, 0.6) is 11.5 Å². The minimum atomic E-state index is -5.08. The molecule has 13 heteroatoms. The lowest BCUT2D eigenvalue weighted by Crippen LogP contribution is -2.51. The fraction of sp³-hybridized carbons (Fsp3) is 0.423. The number of carboxylic acids is 1. The van der Waals surface area contributed by atoms with Gasteiger partial charge in [-0.1, -0.05) is 38.4 Å². The van der Waals surface area contributed by atoms with Crippen molar-refractivity contribution in [2.24, 2.45) is 17.3 Å². The van der Waals surface area contributed by atoms with E-state index < -0.39 is 29.9 Å². The number of carbonyl (C=O) groups is 3. The smallest absolute Gasteiger partial charge is 0.475 e. The van der Waals surface area contributed by atoms with Crippen molar-refractivity contribution in [2.75, 3.05) is 25.0 Å². The molecule has 1 saturated heterocycles. The van der Waals surface area contributed by atoms with Gasteiger partial charge in [0.2, 0.25) is 11.8 Å². The summed E-state index contributed by atoms with van der Waals surface area (Å²) in [6.07, 6.45) is -4.55. The van der Waals surface area contributed by atoms with Crippen LogP contribution < -0.4 is 15.5 Å². The molecule has 0 bridgehead atoms. The van der Waals surface area contributed by atoms with Crippen molar-refractivity contribution in [2.45, 2.75) is 33.4 Å². The van der Waals surface area contributed by atoms with Gasteiger partial charge in [-0.05, 0) is 60.8 Å². The van der Waals surface area contributed by atoms with Gasteiger partial charge in [0.15, 0.2) is 0 Å². The number of piperidine rings is 1. The number of hydrogen-bond donors (Lipinski definition) is 4. The largest absolute Gasteiger partial charge is 0.490 e. The van der Waals surface area contributed by atoms with Crippen molar-refractivity contribution >= 4 is 35.1 Å². The van der Waals surface area contributed by atoms with Crippen LogP contribution in [0.2, 0.25) is 5.02 Å². The third-order valence-electron chi connectivity index (χ3n) is 5.57. The van der Waals surface area contributed by atoms with Crippen molar-refractivity contribution in [1.29, 1.82) is 0 Å². The lowest BCUT2D eigenvalue weighted by molar-refractivity contribution is -0.192. The Hall–Kier alpha value is -3.35. The van der Waals surface area contributed by atoms with Crippen molar-refractivity contribution in [3.05, 3.63) is 53.6 Å². The molecule has 0 spiro atoms. The Balaban J connectivity index is 0.000000673. The molecular weight excluding hydrogens is 543 g/mol. The molecule has 0 saturated carbocycles. The number of carboxylic acid groups (broad SMARTS) is 1. The second-order valence-corrected chi connectivity index (χ2v) is 10.6.